The van der Waals surface area contributed by atoms with Crippen LogP contribution in [0.2, 0.25) is 0 Å². The van der Waals surface area contributed by atoms with Crippen LogP contribution in [0.4, 0.5) is 0 Å². The summed E-state index contributed by atoms with van der Waals surface area (Å²) < 4.78 is 5.21. The standard InChI is InChI=1S/C14H14N2O4/c1-2-16(9-11-4-3-7-20-11)13(17)10-5-6-15-12(8-10)14(18)19/h3-8H,2,9H2,1H3,(H,18,19). The topological polar surface area (TPSA) is 83.6 Å². The molecule has 0 fully saturated rings. The van der Waals surface area contributed by atoms with Gasteiger partial charge in [0.25, 0.3) is 5.91 Å². The molecule has 104 valence electrons. The van der Waals surface area contributed by atoms with E-state index in [9.17, 15) is 9.59 Å². The van der Waals surface area contributed by atoms with Gasteiger partial charge in [-0.1, -0.05) is 0 Å². The number of carboxylic acid groups (broad SMARTS) is 1. The van der Waals surface area contributed by atoms with E-state index < -0.39 is 5.97 Å². The van der Waals surface area contributed by atoms with Gasteiger partial charge < -0.3 is 14.4 Å². The van der Waals surface area contributed by atoms with E-state index in [4.69, 9.17) is 9.52 Å². The van der Waals surface area contributed by atoms with Crippen molar-refractivity contribution in [3.8, 4) is 0 Å². The second-order valence-electron chi connectivity index (χ2n) is 4.13. The van der Waals surface area contributed by atoms with E-state index in [1.165, 1.54) is 18.3 Å². The van der Waals surface area contributed by atoms with Crippen LogP contribution in [0.3, 0.4) is 0 Å². The number of carbonyl (C=O) groups excluding carboxylic acids is 1. The van der Waals surface area contributed by atoms with Gasteiger partial charge in [-0.05, 0) is 31.2 Å². The fourth-order valence-corrected chi connectivity index (χ4v) is 1.78. The Morgan fingerprint density at radius 2 is 2.20 bits per heavy atom. The molecular formula is C14H14N2O4. The van der Waals surface area contributed by atoms with Crippen molar-refractivity contribution < 1.29 is 19.1 Å². The van der Waals surface area contributed by atoms with Gasteiger partial charge >= 0.3 is 5.97 Å². The molecule has 0 saturated heterocycles. The lowest BCUT2D eigenvalue weighted by molar-refractivity contribution is 0.0690. The molecule has 0 bridgehead atoms. The van der Waals surface area contributed by atoms with E-state index in [1.54, 1.807) is 23.3 Å². The van der Waals surface area contributed by atoms with Crippen LogP contribution in [-0.2, 0) is 6.54 Å². The molecular weight excluding hydrogens is 260 g/mol. The Morgan fingerprint density at radius 1 is 1.40 bits per heavy atom. The number of carboxylic acids is 1. The fourth-order valence-electron chi connectivity index (χ4n) is 1.78. The van der Waals surface area contributed by atoms with Gasteiger partial charge in [-0.2, -0.15) is 0 Å². The van der Waals surface area contributed by atoms with Crippen LogP contribution in [0.1, 0.15) is 33.5 Å². The lowest BCUT2D eigenvalue weighted by Crippen LogP contribution is -2.30. The molecule has 6 nitrogen and oxygen atoms in total. The first-order valence-corrected chi connectivity index (χ1v) is 6.12. The Bertz CT molecular complexity index is 607. The van der Waals surface area contributed by atoms with Crippen LogP contribution in [0.15, 0.2) is 41.1 Å². The molecule has 2 heterocycles. The zero-order valence-electron chi connectivity index (χ0n) is 10.9. The maximum atomic E-state index is 12.3. The Kier molecular flexibility index (Phi) is 4.14. The predicted octanol–water partition coefficient (Wildman–Crippen LogP) is 2.04. The van der Waals surface area contributed by atoms with E-state index in [0.717, 1.165) is 0 Å². The normalized spacial score (nSPS) is 10.2. The van der Waals surface area contributed by atoms with Crippen molar-refractivity contribution >= 4 is 11.9 Å². The molecule has 0 radical (unpaired) electrons. The highest BCUT2D eigenvalue weighted by molar-refractivity contribution is 5.96. The van der Waals surface area contributed by atoms with Gasteiger partial charge in [0.2, 0.25) is 0 Å². The fraction of sp³-hybridized carbons (Fsp3) is 0.214. The summed E-state index contributed by atoms with van der Waals surface area (Å²) in [6.45, 7) is 2.68. The lowest BCUT2D eigenvalue weighted by atomic mass is 10.2. The minimum absolute atomic E-state index is 0.148. The molecule has 0 unspecified atom stereocenters. The molecule has 2 rings (SSSR count). The second-order valence-corrected chi connectivity index (χ2v) is 4.13. The number of furan rings is 1. The highest BCUT2D eigenvalue weighted by Gasteiger charge is 2.17. The van der Waals surface area contributed by atoms with E-state index >= 15 is 0 Å². The monoisotopic (exact) mass is 274 g/mol. The molecule has 20 heavy (non-hydrogen) atoms. The molecule has 0 aromatic carbocycles. The van der Waals surface area contributed by atoms with E-state index in [0.29, 0.717) is 24.4 Å². The first-order valence-electron chi connectivity index (χ1n) is 6.12. The third-order valence-electron chi connectivity index (χ3n) is 2.82. The number of pyridine rings is 1. The maximum absolute atomic E-state index is 12.3. The van der Waals surface area contributed by atoms with Gasteiger partial charge in [0.1, 0.15) is 11.5 Å². The van der Waals surface area contributed by atoms with Crippen molar-refractivity contribution in [3.63, 3.8) is 0 Å². The SMILES string of the molecule is CCN(Cc1ccco1)C(=O)c1ccnc(C(=O)O)c1. The van der Waals surface area contributed by atoms with Crippen LogP contribution < -0.4 is 0 Å². The third-order valence-corrected chi connectivity index (χ3v) is 2.82. The van der Waals surface area contributed by atoms with E-state index in [1.807, 2.05) is 6.92 Å². The Balaban J connectivity index is 2.19. The number of hydrogen-bond acceptors (Lipinski definition) is 4. The predicted molar refractivity (Wildman–Crippen MR) is 70.3 cm³/mol. The molecule has 2 aromatic heterocycles. The van der Waals surface area contributed by atoms with Crippen LogP contribution in [0.25, 0.3) is 0 Å². The molecule has 0 saturated carbocycles. The molecule has 6 heteroatoms. The van der Waals surface area contributed by atoms with Crippen LogP contribution in [0.5, 0.6) is 0 Å². The van der Waals surface area contributed by atoms with Gasteiger partial charge in [-0.15, -0.1) is 0 Å². The Hall–Kier alpha value is -2.63. The second kappa shape index (κ2) is 6.01. The summed E-state index contributed by atoms with van der Waals surface area (Å²) in [5, 5.41) is 8.89. The number of rotatable bonds is 5. The van der Waals surface area contributed by atoms with Crippen LogP contribution in [-0.4, -0.2) is 33.4 Å². The summed E-state index contributed by atoms with van der Waals surface area (Å²) in [5.41, 5.74) is 0.149. The van der Waals surface area contributed by atoms with Gasteiger partial charge in [0.05, 0.1) is 12.8 Å². The molecule has 1 N–H and O–H groups in total. The number of carbonyl (C=O) groups is 2. The van der Waals surface area contributed by atoms with Crippen molar-refractivity contribution in [1.82, 2.24) is 9.88 Å². The highest BCUT2D eigenvalue weighted by Crippen LogP contribution is 2.11. The number of hydrogen-bond donors (Lipinski definition) is 1. The van der Waals surface area contributed by atoms with Crippen molar-refractivity contribution in [2.45, 2.75) is 13.5 Å². The maximum Gasteiger partial charge on any atom is 0.354 e. The summed E-state index contributed by atoms with van der Waals surface area (Å²) in [7, 11) is 0. The summed E-state index contributed by atoms with van der Waals surface area (Å²) >= 11 is 0. The average Bonchev–Trinajstić information content (AvgIpc) is 2.97. The molecule has 0 atom stereocenters. The number of nitrogens with zero attached hydrogens (tertiary/aromatic N) is 2. The molecule has 0 aliphatic heterocycles. The average molecular weight is 274 g/mol. The molecule has 1 amide bonds. The summed E-state index contributed by atoms with van der Waals surface area (Å²) in [5.74, 6) is -0.741. The molecule has 0 aliphatic carbocycles. The number of aromatic carboxylic acids is 1. The minimum atomic E-state index is -1.16. The number of amides is 1. The van der Waals surface area contributed by atoms with Gasteiger partial charge in [-0.25, -0.2) is 9.78 Å². The summed E-state index contributed by atoms with van der Waals surface area (Å²) in [6, 6.07) is 6.31. The van der Waals surface area contributed by atoms with Gasteiger partial charge in [0, 0.05) is 18.3 Å². The molecule has 2 aromatic rings. The van der Waals surface area contributed by atoms with Crippen LogP contribution in [0, 0.1) is 0 Å². The highest BCUT2D eigenvalue weighted by atomic mass is 16.4. The van der Waals surface area contributed by atoms with E-state index in [2.05, 4.69) is 4.98 Å². The van der Waals surface area contributed by atoms with Crippen molar-refractivity contribution in [2.75, 3.05) is 6.54 Å². The van der Waals surface area contributed by atoms with Gasteiger partial charge in [0.15, 0.2) is 0 Å². The Morgan fingerprint density at radius 3 is 2.80 bits per heavy atom. The first-order chi connectivity index (χ1) is 9.61. The zero-order chi connectivity index (χ0) is 14.5. The van der Waals surface area contributed by atoms with Gasteiger partial charge in [-0.3, -0.25) is 4.79 Å². The summed E-state index contributed by atoms with van der Waals surface area (Å²) in [6.07, 6.45) is 2.86. The third kappa shape index (κ3) is 3.03. The van der Waals surface area contributed by atoms with Crippen molar-refractivity contribution in [3.05, 3.63) is 53.7 Å². The summed E-state index contributed by atoms with van der Waals surface area (Å²) in [4.78, 5) is 28.5. The first kappa shape index (κ1) is 13.8. The van der Waals surface area contributed by atoms with Crippen molar-refractivity contribution in [2.24, 2.45) is 0 Å². The quantitative estimate of drug-likeness (QED) is 0.901. The smallest absolute Gasteiger partial charge is 0.354 e. The Labute approximate surface area is 115 Å². The lowest BCUT2D eigenvalue weighted by Gasteiger charge is -2.19. The van der Waals surface area contributed by atoms with Crippen LogP contribution >= 0.6 is 0 Å². The molecule has 0 aliphatic rings. The van der Waals surface area contributed by atoms with Crippen molar-refractivity contribution in [1.29, 1.82) is 0 Å². The number of aromatic nitrogens is 1. The minimum Gasteiger partial charge on any atom is -0.477 e. The molecule has 0 spiro atoms. The van der Waals surface area contributed by atoms with E-state index in [-0.39, 0.29) is 11.6 Å². The zero-order valence-corrected chi connectivity index (χ0v) is 10.9. The largest absolute Gasteiger partial charge is 0.477 e.